The predicted octanol–water partition coefficient (Wildman–Crippen LogP) is 7.34. The Morgan fingerprint density at radius 2 is 1.55 bits per heavy atom. The van der Waals surface area contributed by atoms with E-state index < -0.39 is 11.9 Å². The highest BCUT2D eigenvalue weighted by molar-refractivity contribution is 5.92. The largest absolute Gasteiger partial charge is 0.466 e. The first-order valence-corrected chi connectivity index (χ1v) is 12.0. The van der Waals surface area contributed by atoms with Gasteiger partial charge in [-0.05, 0) is 41.9 Å². The second-order valence-electron chi connectivity index (χ2n) is 10.6. The van der Waals surface area contributed by atoms with Crippen molar-refractivity contribution in [3.05, 3.63) is 64.7 Å². The molecule has 180 valence electrons. The van der Waals surface area contributed by atoms with Gasteiger partial charge in [0.1, 0.15) is 5.75 Å². The molecule has 2 rings (SSSR count). The number of ether oxygens (including phenoxy) is 2. The van der Waals surface area contributed by atoms with Crippen molar-refractivity contribution in [1.29, 1.82) is 0 Å². The molecular formula is C29H40O4. The van der Waals surface area contributed by atoms with Gasteiger partial charge in [-0.1, -0.05) is 91.6 Å². The minimum Gasteiger partial charge on any atom is -0.466 e. The molecule has 0 aliphatic rings. The molecule has 0 saturated heterocycles. The van der Waals surface area contributed by atoms with Gasteiger partial charge in [-0.25, -0.2) is 4.79 Å². The van der Waals surface area contributed by atoms with Crippen molar-refractivity contribution in [3.63, 3.8) is 0 Å². The molecule has 1 unspecified atom stereocenters. The molecule has 2 aromatic carbocycles. The molecule has 0 aliphatic heterocycles. The van der Waals surface area contributed by atoms with Crippen LogP contribution in [0.1, 0.15) is 108 Å². The van der Waals surface area contributed by atoms with Crippen LogP contribution in [0.4, 0.5) is 0 Å². The number of hydrogen-bond acceptors (Lipinski definition) is 4. The zero-order chi connectivity index (χ0) is 24.8. The highest BCUT2D eigenvalue weighted by atomic mass is 16.5. The van der Waals surface area contributed by atoms with Crippen LogP contribution in [0.25, 0.3) is 0 Å². The molecular weight excluding hydrogens is 412 g/mol. The van der Waals surface area contributed by atoms with E-state index in [0.29, 0.717) is 24.3 Å². The third-order valence-corrected chi connectivity index (χ3v) is 5.79. The second kappa shape index (κ2) is 11.0. The van der Waals surface area contributed by atoms with Gasteiger partial charge < -0.3 is 9.47 Å². The van der Waals surface area contributed by atoms with E-state index in [1.165, 1.54) is 0 Å². The standard InChI is InChI=1S/C29H40O4/c1-9-11-17-22(27(31)32-10-2)23-18-21(28(3,4)5)19-24(29(6,7)8)25(23)33-26(30)20-15-13-12-14-16-20/h12-16,18-19,22H,9-11,17H2,1-8H3. The van der Waals surface area contributed by atoms with Gasteiger partial charge in [0, 0.05) is 11.1 Å². The summed E-state index contributed by atoms with van der Waals surface area (Å²) in [6.45, 7) is 17.0. The lowest BCUT2D eigenvalue weighted by Gasteiger charge is -2.30. The summed E-state index contributed by atoms with van der Waals surface area (Å²) in [5.41, 5.74) is 2.80. The molecule has 4 nitrogen and oxygen atoms in total. The molecule has 0 fully saturated rings. The zero-order valence-electron chi connectivity index (χ0n) is 21.6. The fourth-order valence-electron chi connectivity index (χ4n) is 3.79. The maximum Gasteiger partial charge on any atom is 0.343 e. The Labute approximate surface area is 199 Å². The van der Waals surface area contributed by atoms with Crippen molar-refractivity contribution in [1.82, 2.24) is 0 Å². The molecule has 0 amide bonds. The number of esters is 2. The Morgan fingerprint density at radius 1 is 0.909 bits per heavy atom. The SMILES string of the molecule is CCCCC(C(=O)OCC)c1cc(C(C)(C)C)cc(C(C)(C)C)c1OC(=O)c1ccccc1. The lowest BCUT2D eigenvalue weighted by Crippen LogP contribution is -2.24. The molecule has 1 atom stereocenters. The Morgan fingerprint density at radius 3 is 2.06 bits per heavy atom. The summed E-state index contributed by atoms with van der Waals surface area (Å²) < 4.78 is 11.6. The lowest BCUT2D eigenvalue weighted by molar-refractivity contribution is -0.145. The quantitative estimate of drug-likeness (QED) is 0.311. The fraction of sp³-hybridized carbons (Fsp3) is 0.517. The van der Waals surface area contributed by atoms with Crippen LogP contribution >= 0.6 is 0 Å². The first kappa shape index (κ1) is 26.6. The molecule has 4 heteroatoms. The summed E-state index contributed by atoms with van der Waals surface area (Å²) in [6, 6.07) is 13.1. The number of carbonyl (C=O) groups excluding carboxylic acids is 2. The average Bonchev–Trinajstić information content (AvgIpc) is 2.74. The average molecular weight is 453 g/mol. The summed E-state index contributed by atoms with van der Waals surface area (Å²) in [5.74, 6) is -0.705. The van der Waals surface area contributed by atoms with E-state index >= 15 is 0 Å². The smallest absolute Gasteiger partial charge is 0.343 e. The summed E-state index contributed by atoms with van der Waals surface area (Å²) in [7, 11) is 0. The maximum atomic E-state index is 13.1. The third-order valence-electron chi connectivity index (χ3n) is 5.79. The number of rotatable bonds is 8. The molecule has 2 aromatic rings. The normalized spacial score (nSPS) is 12.8. The van der Waals surface area contributed by atoms with Crippen molar-refractivity contribution in [2.45, 2.75) is 91.4 Å². The van der Waals surface area contributed by atoms with E-state index in [-0.39, 0.29) is 16.8 Å². The van der Waals surface area contributed by atoms with Gasteiger partial charge in [0.2, 0.25) is 0 Å². The fourth-order valence-corrected chi connectivity index (χ4v) is 3.79. The van der Waals surface area contributed by atoms with Crippen molar-refractivity contribution < 1.29 is 19.1 Å². The van der Waals surface area contributed by atoms with E-state index in [2.05, 4.69) is 54.5 Å². The molecule has 0 bridgehead atoms. The van der Waals surface area contributed by atoms with Gasteiger partial charge in [0.05, 0.1) is 18.1 Å². The van der Waals surface area contributed by atoms with Crippen LogP contribution in [0.3, 0.4) is 0 Å². The van der Waals surface area contributed by atoms with Crippen molar-refractivity contribution >= 4 is 11.9 Å². The van der Waals surface area contributed by atoms with Gasteiger partial charge in [0.15, 0.2) is 0 Å². The van der Waals surface area contributed by atoms with Gasteiger partial charge >= 0.3 is 11.9 Å². The topological polar surface area (TPSA) is 52.6 Å². The summed E-state index contributed by atoms with van der Waals surface area (Å²) in [6.07, 6.45) is 2.47. The van der Waals surface area contributed by atoms with Crippen LogP contribution in [-0.2, 0) is 20.4 Å². The minimum atomic E-state index is -0.494. The van der Waals surface area contributed by atoms with E-state index in [4.69, 9.17) is 9.47 Å². The summed E-state index contributed by atoms with van der Waals surface area (Å²) in [5, 5.41) is 0. The molecule has 0 N–H and O–H groups in total. The molecule has 0 heterocycles. The second-order valence-corrected chi connectivity index (χ2v) is 10.6. The minimum absolute atomic E-state index is 0.138. The summed E-state index contributed by atoms with van der Waals surface area (Å²) in [4.78, 5) is 26.2. The van der Waals surface area contributed by atoms with E-state index in [1.54, 1.807) is 12.1 Å². The first-order valence-electron chi connectivity index (χ1n) is 12.0. The molecule has 0 aliphatic carbocycles. The Bertz CT molecular complexity index is 946. The van der Waals surface area contributed by atoms with Crippen LogP contribution in [0, 0.1) is 0 Å². The van der Waals surface area contributed by atoms with Crippen LogP contribution in [0.5, 0.6) is 5.75 Å². The van der Waals surface area contributed by atoms with Crippen LogP contribution < -0.4 is 4.74 Å². The molecule has 0 radical (unpaired) electrons. The maximum absolute atomic E-state index is 13.1. The number of benzene rings is 2. The van der Waals surface area contributed by atoms with Crippen molar-refractivity contribution in [2.24, 2.45) is 0 Å². The molecule has 33 heavy (non-hydrogen) atoms. The van der Waals surface area contributed by atoms with Gasteiger partial charge in [-0.3, -0.25) is 4.79 Å². The third kappa shape index (κ3) is 6.93. The van der Waals surface area contributed by atoms with Gasteiger partial charge in [0.25, 0.3) is 0 Å². The number of carbonyl (C=O) groups is 2. The predicted molar refractivity (Wildman–Crippen MR) is 134 cm³/mol. The first-order chi connectivity index (χ1) is 15.4. The Hall–Kier alpha value is -2.62. The number of unbranched alkanes of at least 4 members (excludes halogenated alkanes) is 1. The summed E-state index contributed by atoms with van der Waals surface area (Å²) >= 11 is 0. The highest BCUT2D eigenvalue weighted by Crippen LogP contribution is 2.43. The van der Waals surface area contributed by atoms with Crippen molar-refractivity contribution in [3.8, 4) is 5.75 Å². The Kier molecular flexibility index (Phi) is 8.88. The van der Waals surface area contributed by atoms with Crippen LogP contribution in [-0.4, -0.2) is 18.5 Å². The van der Waals surface area contributed by atoms with E-state index in [9.17, 15) is 9.59 Å². The van der Waals surface area contributed by atoms with Crippen LogP contribution in [0.15, 0.2) is 42.5 Å². The molecule has 0 spiro atoms. The van der Waals surface area contributed by atoms with E-state index in [1.807, 2.05) is 31.2 Å². The van der Waals surface area contributed by atoms with Crippen molar-refractivity contribution in [2.75, 3.05) is 6.61 Å². The molecule has 0 saturated carbocycles. The van der Waals surface area contributed by atoms with Gasteiger partial charge in [-0.15, -0.1) is 0 Å². The van der Waals surface area contributed by atoms with E-state index in [0.717, 1.165) is 29.5 Å². The number of hydrogen-bond donors (Lipinski definition) is 0. The Balaban J connectivity index is 2.78. The van der Waals surface area contributed by atoms with Gasteiger partial charge in [-0.2, -0.15) is 0 Å². The molecule has 0 aromatic heterocycles. The lowest BCUT2D eigenvalue weighted by atomic mass is 9.76. The van der Waals surface area contributed by atoms with Crippen LogP contribution in [0.2, 0.25) is 0 Å². The monoisotopic (exact) mass is 452 g/mol. The highest BCUT2D eigenvalue weighted by Gasteiger charge is 2.33. The zero-order valence-corrected chi connectivity index (χ0v) is 21.6.